The van der Waals surface area contributed by atoms with Crippen LogP contribution >= 0.6 is 0 Å². The van der Waals surface area contributed by atoms with E-state index in [4.69, 9.17) is 0 Å². The van der Waals surface area contributed by atoms with E-state index >= 15 is 0 Å². The van der Waals surface area contributed by atoms with Gasteiger partial charge >= 0.3 is 0 Å². The zero-order chi connectivity index (χ0) is 15.1. The van der Waals surface area contributed by atoms with Crippen molar-refractivity contribution in [3.8, 4) is 0 Å². The first-order valence-corrected chi connectivity index (χ1v) is 6.61. The Kier molecular flexibility index (Phi) is 6.54. The number of aliphatic hydroxyl groups is 1. The molecule has 1 aromatic carbocycles. The minimum atomic E-state index is -1.10. The highest BCUT2D eigenvalue weighted by Gasteiger charge is 2.19. The van der Waals surface area contributed by atoms with E-state index < -0.39 is 29.3 Å². The van der Waals surface area contributed by atoms with Crippen molar-refractivity contribution in [3.63, 3.8) is 0 Å². The van der Waals surface area contributed by atoms with E-state index in [9.17, 15) is 18.7 Å². The molecular weight excluding hydrogens is 266 g/mol. The molecule has 0 heterocycles. The molecule has 20 heavy (non-hydrogen) atoms. The van der Waals surface area contributed by atoms with Gasteiger partial charge in [0.25, 0.3) is 0 Å². The minimum Gasteiger partial charge on any atom is -0.387 e. The molecule has 0 saturated heterocycles. The number of nitrogens with one attached hydrogen (secondary N) is 2. The molecule has 0 aromatic heterocycles. The third-order valence-electron chi connectivity index (χ3n) is 2.83. The fourth-order valence-electron chi connectivity index (χ4n) is 1.77. The van der Waals surface area contributed by atoms with Gasteiger partial charge in [0.2, 0.25) is 5.91 Å². The monoisotopic (exact) mass is 286 g/mol. The van der Waals surface area contributed by atoms with Crippen molar-refractivity contribution in [2.45, 2.75) is 32.8 Å². The molecule has 1 aromatic rings. The summed E-state index contributed by atoms with van der Waals surface area (Å²) in [6, 6.07) is 2.21. The van der Waals surface area contributed by atoms with Gasteiger partial charge in [-0.3, -0.25) is 4.79 Å². The Hall–Kier alpha value is -1.53. The summed E-state index contributed by atoms with van der Waals surface area (Å²) in [4.78, 5) is 10.9. The molecular formula is C14H20F2N2O2. The fourth-order valence-corrected chi connectivity index (χ4v) is 1.77. The van der Waals surface area contributed by atoms with E-state index in [1.54, 1.807) is 0 Å². The van der Waals surface area contributed by atoms with E-state index in [1.165, 1.54) is 6.07 Å². The first-order valence-electron chi connectivity index (χ1n) is 6.61. The molecule has 1 rings (SSSR count). The van der Waals surface area contributed by atoms with Crippen LogP contribution in [0.15, 0.2) is 12.1 Å². The molecule has 4 nitrogen and oxygen atoms in total. The van der Waals surface area contributed by atoms with Crippen molar-refractivity contribution in [1.29, 1.82) is 0 Å². The molecule has 6 heteroatoms. The summed E-state index contributed by atoms with van der Waals surface area (Å²) in [5, 5.41) is 15.0. The molecule has 112 valence electrons. The Balaban J connectivity index is 2.81. The minimum absolute atomic E-state index is 0.0425. The number of carbonyl (C=O) groups is 1. The molecule has 0 fully saturated rings. The summed E-state index contributed by atoms with van der Waals surface area (Å²) >= 11 is 0. The van der Waals surface area contributed by atoms with E-state index in [-0.39, 0.29) is 12.1 Å². The fraction of sp³-hybridized carbons (Fsp3) is 0.500. The summed E-state index contributed by atoms with van der Waals surface area (Å²) in [7, 11) is 0. The SMILES string of the molecule is CCCCNCC(O)c1ccc(F)c(NC(C)=O)c1F. The maximum absolute atomic E-state index is 14.1. The molecule has 0 aliphatic heterocycles. The predicted molar refractivity (Wildman–Crippen MR) is 73.4 cm³/mol. The number of carbonyl (C=O) groups excluding carboxylic acids is 1. The number of amides is 1. The summed E-state index contributed by atoms with van der Waals surface area (Å²) in [6.07, 6.45) is 0.871. The van der Waals surface area contributed by atoms with Crippen LogP contribution in [-0.2, 0) is 4.79 Å². The lowest BCUT2D eigenvalue weighted by molar-refractivity contribution is -0.114. The average molecular weight is 286 g/mol. The van der Waals surface area contributed by atoms with Crippen LogP contribution in [0.4, 0.5) is 14.5 Å². The number of halogens is 2. The number of unbranched alkanes of at least 4 members (excludes halogenated alkanes) is 1. The van der Waals surface area contributed by atoms with E-state index in [0.29, 0.717) is 0 Å². The summed E-state index contributed by atoms with van der Waals surface area (Å²) in [6.45, 7) is 4.09. The van der Waals surface area contributed by atoms with Gasteiger partial charge in [0.05, 0.1) is 6.10 Å². The Morgan fingerprint density at radius 2 is 2.10 bits per heavy atom. The third kappa shape index (κ3) is 4.54. The van der Waals surface area contributed by atoms with Crippen LogP contribution in [0.3, 0.4) is 0 Å². The lowest BCUT2D eigenvalue weighted by Crippen LogP contribution is -2.23. The average Bonchev–Trinajstić information content (AvgIpc) is 2.39. The number of anilines is 1. The molecule has 0 saturated carbocycles. The molecule has 0 spiro atoms. The van der Waals surface area contributed by atoms with Gasteiger partial charge in [-0.15, -0.1) is 0 Å². The van der Waals surface area contributed by atoms with Gasteiger partial charge in [0, 0.05) is 19.0 Å². The van der Waals surface area contributed by atoms with Crippen LogP contribution in [0, 0.1) is 11.6 Å². The summed E-state index contributed by atoms with van der Waals surface area (Å²) in [5.41, 5.74) is -0.568. The van der Waals surface area contributed by atoms with E-state index in [2.05, 4.69) is 10.6 Å². The van der Waals surface area contributed by atoms with Gasteiger partial charge in [0.15, 0.2) is 5.82 Å². The number of hydrogen-bond acceptors (Lipinski definition) is 3. The van der Waals surface area contributed by atoms with Gasteiger partial charge in [-0.25, -0.2) is 8.78 Å². The van der Waals surface area contributed by atoms with Crippen molar-refractivity contribution < 1.29 is 18.7 Å². The highest BCUT2D eigenvalue weighted by atomic mass is 19.1. The highest BCUT2D eigenvalue weighted by molar-refractivity contribution is 5.89. The molecule has 0 radical (unpaired) electrons. The van der Waals surface area contributed by atoms with Crippen molar-refractivity contribution in [2.24, 2.45) is 0 Å². The van der Waals surface area contributed by atoms with Gasteiger partial charge < -0.3 is 15.7 Å². The van der Waals surface area contributed by atoms with Crippen LogP contribution in [0.25, 0.3) is 0 Å². The van der Waals surface area contributed by atoms with Crippen molar-refractivity contribution in [2.75, 3.05) is 18.4 Å². The van der Waals surface area contributed by atoms with Gasteiger partial charge in [-0.05, 0) is 19.0 Å². The van der Waals surface area contributed by atoms with Crippen LogP contribution < -0.4 is 10.6 Å². The van der Waals surface area contributed by atoms with Gasteiger partial charge in [-0.2, -0.15) is 0 Å². The second kappa shape index (κ2) is 7.91. The quantitative estimate of drug-likeness (QED) is 0.674. The predicted octanol–water partition coefficient (Wildman–Crippen LogP) is 2.35. The smallest absolute Gasteiger partial charge is 0.221 e. The number of hydrogen-bond donors (Lipinski definition) is 3. The van der Waals surface area contributed by atoms with Crippen LogP contribution in [0.2, 0.25) is 0 Å². The summed E-state index contributed by atoms with van der Waals surface area (Å²) < 4.78 is 27.5. The first-order chi connectivity index (χ1) is 9.47. The van der Waals surface area contributed by atoms with Crippen LogP contribution in [-0.4, -0.2) is 24.1 Å². The maximum Gasteiger partial charge on any atom is 0.221 e. The Labute approximate surface area is 117 Å². The Bertz CT molecular complexity index is 467. The van der Waals surface area contributed by atoms with Crippen molar-refractivity contribution in [1.82, 2.24) is 5.32 Å². The standard InChI is InChI=1S/C14H20F2N2O2/c1-3-4-7-17-8-12(20)10-5-6-11(15)14(13(10)16)18-9(2)19/h5-6,12,17,20H,3-4,7-8H2,1-2H3,(H,18,19). The molecule has 1 atom stereocenters. The number of benzene rings is 1. The highest BCUT2D eigenvalue weighted by Crippen LogP contribution is 2.26. The molecule has 0 aliphatic carbocycles. The third-order valence-corrected chi connectivity index (χ3v) is 2.83. The normalized spacial score (nSPS) is 12.2. The zero-order valence-electron chi connectivity index (χ0n) is 11.7. The van der Waals surface area contributed by atoms with Crippen LogP contribution in [0.1, 0.15) is 38.4 Å². The second-order valence-corrected chi connectivity index (χ2v) is 4.58. The molecule has 1 unspecified atom stereocenters. The Morgan fingerprint density at radius 3 is 2.70 bits per heavy atom. The lowest BCUT2D eigenvalue weighted by atomic mass is 10.1. The largest absolute Gasteiger partial charge is 0.387 e. The summed E-state index contributed by atoms with van der Waals surface area (Å²) in [5.74, 6) is -2.38. The second-order valence-electron chi connectivity index (χ2n) is 4.58. The first kappa shape index (κ1) is 16.5. The Morgan fingerprint density at radius 1 is 1.40 bits per heavy atom. The van der Waals surface area contributed by atoms with Gasteiger partial charge in [-0.1, -0.05) is 19.4 Å². The van der Waals surface area contributed by atoms with E-state index in [0.717, 1.165) is 32.4 Å². The van der Waals surface area contributed by atoms with Crippen molar-refractivity contribution in [3.05, 3.63) is 29.3 Å². The van der Waals surface area contributed by atoms with Gasteiger partial charge in [0.1, 0.15) is 11.5 Å². The maximum atomic E-state index is 14.1. The zero-order valence-corrected chi connectivity index (χ0v) is 11.7. The molecule has 0 bridgehead atoms. The molecule has 3 N–H and O–H groups in total. The van der Waals surface area contributed by atoms with Crippen molar-refractivity contribution >= 4 is 11.6 Å². The van der Waals surface area contributed by atoms with E-state index in [1.807, 2.05) is 6.92 Å². The topological polar surface area (TPSA) is 61.4 Å². The number of aliphatic hydroxyl groups excluding tert-OH is 1. The van der Waals surface area contributed by atoms with Crippen LogP contribution in [0.5, 0.6) is 0 Å². The lowest BCUT2D eigenvalue weighted by Gasteiger charge is -2.15. The molecule has 1 amide bonds. The number of rotatable bonds is 7. The molecule has 0 aliphatic rings.